The minimum absolute atomic E-state index is 0.698. The molecule has 0 N–H and O–H groups in total. The minimum Gasteiger partial charge on any atom is -0.369 e. The molecule has 0 radical (unpaired) electrons. The van der Waals surface area contributed by atoms with Gasteiger partial charge in [0.25, 0.3) is 0 Å². The second kappa shape index (κ2) is 5.40. The topological polar surface area (TPSA) is 45.4 Å². The zero-order valence-corrected chi connectivity index (χ0v) is 11.1. The van der Waals surface area contributed by atoms with Crippen LogP contribution < -0.4 is 4.90 Å². The normalized spacial score (nSPS) is 16.8. The predicted molar refractivity (Wildman–Crippen MR) is 73.0 cm³/mol. The quantitative estimate of drug-likeness (QED) is 0.838. The summed E-state index contributed by atoms with van der Waals surface area (Å²) < 4.78 is 5.05. The number of rotatable bonds is 3. The predicted octanol–water partition coefficient (Wildman–Crippen LogP) is 1.70. The van der Waals surface area contributed by atoms with Gasteiger partial charge >= 0.3 is 0 Å². The summed E-state index contributed by atoms with van der Waals surface area (Å²) >= 11 is 0. The van der Waals surface area contributed by atoms with E-state index in [1.165, 1.54) is 17.6 Å². The fraction of sp³-hybridized carbons (Fsp3) is 0.429. The van der Waals surface area contributed by atoms with Gasteiger partial charge in [0.2, 0.25) is 5.89 Å². The number of piperazine rings is 1. The Bertz CT molecular complexity index is 518. The lowest BCUT2D eigenvalue weighted by atomic mass is 10.2. The highest BCUT2D eigenvalue weighted by Gasteiger charge is 2.18. The number of aryl methyl sites for hydroxylation is 1. The molecule has 0 spiro atoms. The first-order valence-electron chi connectivity index (χ1n) is 6.61. The molecule has 1 aromatic carbocycles. The molecule has 5 nitrogen and oxygen atoms in total. The zero-order valence-electron chi connectivity index (χ0n) is 11.1. The van der Waals surface area contributed by atoms with E-state index in [0.29, 0.717) is 5.89 Å². The number of hydrogen-bond acceptors (Lipinski definition) is 5. The zero-order chi connectivity index (χ0) is 13.1. The highest BCUT2D eigenvalue weighted by Crippen LogP contribution is 2.18. The van der Waals surface area contributed by atoms with E-state index in [2.05, 4.69) is 51.1 Å². The summed E-state index contributed by atoms with van der Waals surface area (Å²) in [7, 11) is 0. The summed E-state index contributed by atoms with van der Waals surface area (Å²) in [6, 6.07) is 8.68. The van der Waals surface area contributed by atoms with Crippen LogP contribution in [0.1, 0.15) is 11.5 Å². The van der Waals surface area contributed by atoms with E-state index in [9.17, 15) is 0 Å². The van der Waals surface area contributed by atoms with Crippen molar-refractivity contribution in [3.63, 3.8) is 0 Å². The van der Waals surface area contributed by atoms with E-state index in [4.69, 9.17) is 4.52 Å². The van der Waals surface area contributed by atoms with Crippen molar-refractivity contribution in [2.45, 2.75) is 13.5 Å². The molecule has 1 saturated heterocycles. The molecular weight excluding hydrogens is 240 g/mol. The molecule has 0 saturated carbocycles. The molecule has 0 atom stereocenters. The third-order valence-electron chi connectivity index (χ3n) is 3.50. The second-order valence-electron chi connectivity index (χ2n) is 4.94. The molecule has 1 aliphatic rings. The van der Waals surface area contributed by atoms with Crippen LogP contribution >= 0.6 is 0 Å². The van der Waals surface area contributed by atoms with E-state index < -0.39 is 0 Å². The molecule has 5 heteroatoms. The third kappa shape index (κ3) is 2.93. The average Bonchev–Trinajstić information content (AvgIpc) is 2.92. The van der Waals surface area contributed by atoms with Gasteiger partial charge in [0.05, 0.1) is 6.54 Å². The number of nitrogens with zero attached hydrogens (tertiary/aromatic N) is 4. The van der Waals surface area contributed by atoms with E-state index >= 15 is 0 Å². The van der Waals surface area contributed by atoms with E-state index in [0.717, 1.165) is 32.7 Å². The highest BCUT2D eigenvalue weighted by atomic mass is 16.5. The van der Waals surface area contributed by atoms with Crippen LogP contribution in [-0.4, -0.2) is 41.2 Å². The Kier molecular flexibility index (Phi) is 3.46. The Morgan fingerprint density at radius 2 is 2.05 bits per heavy atom. The van der Waals surface area contributed by atoms with Crippen LogP contribution in [0, 0.1) is 6.92 Å². The minimum atomic E-state index is 0.698. The number of anilines is 1. The molecule has 0 aliphatic carbocycles. The summed E-state index contributed by atoms with van der Waals surface area (Å²) in [5.41, 5.74) is 2.63. The van der Waals surface area contributed by atoms with Crippen molar-refractivity contribution in [2.24, 2.45) is 0 Å². The summed E-state index contributed by atoms with van der Waals surface area (Å²) in [6.45, 7) is 7.01. The van der Waals surface area contributed by atoms with E-state index in [1.54, 1.807) is 0 Å². The van der Waals surface area contributed by atoms with Crippen LogP contribution in [0.3, 0.4) is 0 Å². The molecule has 19 heavy (non-hydrogen) atoms. The highest BCUT2D eigenvalue weighted by molar-refractivity contribution is 5.48. The van der Waals surface area contributed by atoms with Crippen molar-refractivity contribution in [3.8, 4) is 0 Å². The third-order valence-corrected chi connectivity index (χ3v) is 3.50. The van der Waals surface area contributed by atoms with Crippen molar-refractivity contribution in [1.29, 1.82) is 0 Å². The van der Waals surface area contributed by atoms with Crippen LogP contribution in [0.4, 0.5) is 5.69 Å². The van der Waals surface area contributed by atoms with Gasteiger partial charge in [-0.2, -0.15) is 4.98 Å². The lowest BCUT2D eigenvalue weighted by Gasteiger charge is -2.35. The largest absolute Gasteiger partial charge is 0.369 e. The van der Waals surface area contributed by atoms with Crippen molar-refractivity contribution in [2.75, 3.05) is 31.1 Å². The standard InChI is InChI=1S/C14H18N4O/c1-12-3-2-4-13(9-12)18-7-5-17(6-8-18)10-14-15-11-16-19-14/h2-4,9,11H,5-8,10H2,1H3. The van der Waals surface area contributed by atoms with Crippen LogP contribution in [0.5, 0.6) is 0 Å². The van der Waals surface area contributed by atoms with E-state index in [1.807, 2.05) is 0 Å². The molecular formula is C14H18N4O. The lowest BCUT2D eigenvalue weighted by Crippen LogP contribution is -2.46. The average molecular weight is 258 g/mol. The van der Waals surface area contributed by atoms with Crippen LogP contribution in [0.15, 0.2) is 35.1 Å². The SMILES string of the molecule is Cc1cccc(N2CCN(Cc3ncno3)CC2)c1. The van der Waals surface area contributed by atoms with Gasteiger partial charge in [0.15, 0.2) is 6.33 Å². The first-order chi connectivity index (χ1) is 9.31. The van der Waals surface area contributed by atoms with Crippen molar-refractivity contribution < 1.29 is 4.52 Å². The van der Waals surface area contributed by atoms with Gasteiger partial charge in [0, 0.05) is 31.9 Å². The summed E-state index contributed by atoms with van der Waals surface area (Å²) in [6.07, 6.45) is 1.46. The number of benzene rings is 1. The lowest BCUT2D eigenvalue weighted by molar-refractivity contribution is 0.215. The van der Waals surface area contributed by atoms with Crippen LogP contribution in [0.25, 0.3) is 0 Å². The fourth-order valence-electron chi connectivity index (χ4n) is 2.45. The summed E-state index contributed by atoms with van der Waals surface area (Å²) in [4.78, 5) is 8.84. The van der Waals surface area contributed by atoms with Crippen molar-refractivity contribution >= 4 is 5.69 Å². The maximum absolute atomic E-state index is 5.05. The monoisotopic (exact) mass is 258 g/mol. The first kappa shape index (κ1) is 12.2. The van der Waals surface area contributed by atoms with Gasteiger partial charge < -0.3 is 9.42 Å². The molecule has 2 aromatic rings. The maximum atomic E-state index is 5.05. The number of aromatic nitrogens is 2. The van der Waals surface area contributed by atoms with Crippen LogP contribution in [-0.2, 0) is 6.54 Å². The molecule has 3 rings (SSSR count). The second-order valence-corrected chi connectivity index (χ2v) is 4.94. The fourth-order valence-corrected chi connectivity index (χ4v) is 2.45. The van der Waals surface area contributed by atoms with Gasteiger partial charge in [-0.25, -0.2) is 0 Å². The molecule has 2 heterocycles. The molecule has 0 bridgehead atoms. The number of hydrogen-bond donors (Lipinski definition) is 0. The first-order valence-corrected chi connectivity index (χ1v) is 6.61. The Hall–Kier alpha value is -1.88. The smallest absolute Gasteiger partial charge is 0.240 e. The molecule has 0 amide bonds. The summed E-state index contributed by atoms with van der Waals surface area (Å²) in [5, 5.41) is 3.64. The molecule has 1 fully saturated rings. The van der Waals surface area contributed by atoms with Crippen LogP contribution in [0.2, 0.25) is 0 Å². The Balaban J connectivity index is 1.57. The van der Waals surface area contributed by atoms with Gasteiger partial charge in [-0.3, -0.25) is 4.90 Å². The molecule has 0 unspecified atom stereocenters. The Morgan fingerprint density at radius 3 is 2.74 bits per heavy atom. The van der Waals surface area contributed by atoms with Crippen molar-refractivity contribution in [1.82, 2.24) is 15.0 Å². The Morgan fingerprint density at radius 1 is 1.21 bits per heavy atom. The van der Waals surface area contributed by atoms with Crippen molar-refractivity contribution in [3.05, 3.63) is 42.0 Å². The van der Waals surface area contributed by atoms with Gasteiger partial charge in [-0.15, -0.1) is 0 Å². The summed E-state index contributed by atoms with van der Waals surface area (Å²) in [5.74, 6) is 0.698. The van der Waals surface area contributed by atoms with Gasteiger partial charge in [-0.05, 0) is 24.6 Å². The molecule has 1 aromatic heterocycles. The maximum Gasteiger partial charge on any atom is 0.240 e. The van der Waals surface area contributed by atoms with Gasteiger partial charge in [0.1, 0.15) is 0 Å². The Labute approximate surface area is 112 Å². The molecule has 100 valence electrons. The van der Waals surface area contributed by atoms with E-state index in [-0.39, 0.29) is 0 Å². The molecule has 1 aliphatic heterocycles. The van der Waals surface area contributed by atoms with Gasteiger partial charge in [-0.1, -0.05) is 17.3 Å².